The Labute approximate surface area is 72.9 Å². The fourth-order valence-corrected chi connectivity index (χ4v) is 1.16. The second-order valence-corrected chi connectivity index (χ2v) is 2.75. The molecule has 0 bridgehead atoms. The van der Waals surface area contributed by atoms with Crippen molar-refractivity contribution in [3.05, 3.63) is 17.5 Å². The monoisotopic (exact) mass is 181 g/mol. The van der Waals surface area contributed by atoms with Gasteiger partial charge >= 0.3 is 5.97 Å². The summed E-state index contributed by atoms with van der Waals surface area (Å²) in [6.07, 6.45) is -0.181. The lowest BCUT2D eigenvalue weighted by molar-refractivity contribution is -0.136. The number of fused-ring (bicyclic) bond motifs is 1. The second-order valence-electron chi connectivity index (χ2n) is 2.75. The van der Waals surface area contributed by atoms with Crippen LogP contribution in [0.2, 0.25) is 0 Å². The first kappa shape index (κ1) is 7.85. The molecule has 13 heavy (non-hydrogen) atoms. The van der Waals surface area contributed by atoms with Gasteiger partial charge in [0, 0.05) is 6.07 Å². The molecule has 0 saturated carbocycles. The molecule has 0 spiro atoms. The van der Waals surface area contributed by atoms with Crippen LogP contribution in [0.15, 0.2) is 15.0 Å². The number of nitrogens with zero attached hydrogens (tertiary/aromatic N) is 1. The molecule has 0 unspecified atom stereocenters. The number of carbonyl (C=O) groups is 1. The van der Waals surface area contributed by atoms with Crippen LogP contribution in [0.25, 0.3) is 11.2 Å². The zero-order chi connectivity index (χ0) is 9.42. The Morgan fingerprint density at radius 2 is 2.46 bits per heavy atom. The van der Waals surface area contributed by atoms with Crippen molar-refractivity contribution in [1.29, 1.82) is 0 Å². The molecule has 0 saturated heterocycles. The van der Waals surface area contributed by atoms with E-state index in [1.54, 1.807) is 13.0 Å². The van der Waals surface area contributed by atoms with Crippen molar-refractivity contribution in [1.82, 2.24) is 5.16 Å². The van der Waals surface area contributed by atoms with Gasteiger partial charge in [-0.3, -0.25) is 4.79 Å². The number of hydrogen-bond acceptors (Lipinski definition) is 4. The first-order valence-corrected chi connectivity index (χ1v) is 3.73. The Morgan fingerprint density at radius 1 is 1.69 bits per heavy atom. The molecule has 0 fully saturated rings. The van der Waals surface area contributed by atoms with Crippen LogP contribution in [-0.4, -0.2) is 16.2 Å². The standard InChI is InChI=1S/C8H7NO4/c1-4-2-6-8(12-4)5(9-13-6)3-7(10)11/h2H,3H2,1H3,(H,10,11). The highest BCUT2D eigenvalue weighted by Gasteiger charge is 2.15. The third kappa shape index (κ3) is 1.28. The van der Waals surface area contributed by atoms with Crippen molar-refractivity contribution in [3.63, 3.8) is 0 Å². The van der Waals surface area contributed by atoms with E-state index in [4.69, 9.17) is 14.0 Å². The molecule has 68 valence electrons. The number of carboxylic acid groups (broad SMARTS) is 1. The molecule has 0 aliphatic carbocycles. The van der Waals surface area contributed by atoms with Gasteiger partial charge in [-0.15, -0.1) is 0 Å². The Balaban J connectivity index is 2.50. The smallest absolute Gasteiger partial charge is 0.309 e. The van der Waals surface area contributed by atoms with E-state index >= 15 is 0 Å². The molecule has 0 amide bonds. The van der Waals surface area contributed by atoms with E-state index < -0.39 is 5.97 Å². The predicted octanol–water partition coefficient (Wildman–Crippen LogP) is 1.36. The molecular formula is C8H7NO4. The van der Waals surface area contributed by atoms with Crippen molar-refractivity contribution >= 4 is 17.1 Å². The van der Waals surface area contributed by atoms with Gasteiger partial charge in [-0.1, -0.05) is 5.16 Å². The number of aryl methyl sites for hydroxylation is 1. The van der Waals surface area contributed by atoms with Gasteiger partial charge in [0.05, 0.1) is 6.42 Å². The van der Waals surface area contributed by atoms with E-state index in [-0.39, 0.29) is 6.42 Å². The summed E-state index contributed by atoms with van der Waals surface area (Å²) in [5, 5.41) is 12.1. The summed E-state index contributed by atoms with van der Waals surface area (Å²) < 4.78 is 10.1. The van der Waals surface area contributed by atoms with Crippen LogP contribution in [-0.2, 0) is 11.2 Å². The van der Waals surface area contributed by atoms with E-state index in [1.807, 2.05) is 0 Å². The Kier molecular flexibility index (Phi) is 1.58. The zero-order valence-corrected chi connectivity index (χ0v) is 6.90. The molecule has 2 heterocycles. The topological polar surface area (TPSA) is 76.5 Å². The lowest BCUT2D eigenvalue weighted by Gasteiger charge is -1.86. The summed E-state index contributed by atoms with van der Waals surface area (Å²) in [7, 11) is 0. The maximum atomic E-state index is 10.4. The number of furan rings is 1. The van der Waals surface area contributed by atoms with E-state index in [2.05, 4.69) is 5.16 Å². The normalized spacial score (nSPS) is 10.8. The minimum absolute atomic E-state index is 0.181. The molecule has 2 aromatic rings. The molecule has 0 aliphatic rings. The van der Waals surface area contributed by atoms with E-state index in [0.717, 1.165) is 0 Å². The highest BCUT2D eigenvalue weighted by molar-refractivity contribution is 5.79. The average molecular weight is 181 g/mol. The summed E-state index contributed by atoms with van der Waals surface area (Å²) in [6, 6.07) is 1.67. The number of carboxylic acids is 1. The molecule has 2 aromatic heterocycles. The van der Waals surface area contributed by atoms with Gasteiger partial charge in [-0.25, -0.2) is 0 Å². The first-order chi connectivity index (χ1) is 6.16. The summed E-state index contributed by atoms with van der Waals surface area (Å²) >= 11 is 0. The third-order valence-corrected chi connectivity index (χ3v) is 1.66. The summed E-state index contributed by atoms with van der Waals surface area (Å²) in [5.74, 6) is -0.271. The SMILES string of the molecule is Cc1cc2onc(CC(=O)O)c2o1. The molecule has 1 N–H and O–H groups in total. The summed E-state index contributed by atoms with van der Waals surface area (Å²) in [4.78, 5) is 10.4. The molecule has 0 radical (unpaired) electrons. The number of hydrogen-bond donors (Lipinski definition) is 1. The molecule has 5 heteroatoms. The second kappa shape index (κ2) is 2.62. The van der Waals surface area contributed by atoms with Gasteiger partial charge in [0.15, 0.2) is 5.58 Å². The molecule has 5 nitrogen and oxygen atoms in total. The van der Waals surface area contributed by atoms with Gasteiger partial charge in [-0.2, -0.15) is 0 Å². The van der Waals surface area contributed by atoms with Gasteiger partial charge in [0.1, 0.15) is 11.5 Å². The first-order valence-electron chi connectivity index (χ1n) is 3.73. The Morgan fingerprint density at radius 3 is 3.15 bits per heavy atom. The molecule has 0 aromatic carbocycles. The van der Waals surface area contributed by atoms with Gasteiger partial charge < -0.3 is 14.0 Å². The Hall–Kier alpha value is -1.78. The maximum Gasteiger partial charge on any atom is 0.309 e. The van der Waals surface area contributed by atoms with Crippen LogP contribution in [0.1, 0.15) is 11.5 Å². The number of aromatic nitrogens is 1. The van der Waals surface area contributed by atoms with Crippen LogP contribution in [0, 0.1) is 6.92 Å². The van der Waals surface area contributed by atoms with Crippen molar-refractivity contribution < 1.29 is 18.8 Å². The quantitative estimate of drug-likeness (QED) is 0.756. The fraction of sp³-hybridized carbons (Fsp3) is 0.250. The van der Waals surface area contributed by atoms with Gasteiger partial charge in [-0.05, 0) is 6.92 Å². The average Bonchev–Trinajstić information content (AvgIpc) is 2.51. The van der Waals surface area contributed by atoms with Crippen LogP contribution in [0.4, 0.5) is 0 Å². The molecule has 0 aliphatic heterocycles. The molecule has 2 rings (SSSR count). The van der Waals surface area contributed by atoms with Crippen molar-refractivity contribution in [2.75, 3.05) is 0 Å². The largest absolute Gasteiger partial charge is 0.481 e. The third-order valence-electron chi connectivity index (χ3n) is 1.66. The van der Waals surface area contributed by atoms with E-state index in [1.165, 1.54) is 0 Å². The van der Waals surface area contributed by atoms with Crippen LogP contribution < -0.4 is 0 Å². The summed E-state index contributed by atoms with van der Waals surface area (Å²) in [5.41, 5.74) is 1.25. The van der Waals surface area contributed by atoms with Gasteiger partial charge in [0.2, 0.25) is 5.58 Å². The van der Waals surface area contributed by atoms with Crippen molar-refractivity contribution in [2.45, 2.75) is 13.3 Å². The number of rotatable bonds is 2. The van der Waals surface area contributed by atoms with Crippen LogP contribution in [0.5, 0.6) is 0 Å². The highest BCUT2D eigenvalue weighted by Crippen LogP contribution is 2.22. The highest BCUT2D eigenvalue weighted by atomic mass is 16.5. The zero-order valence-electron chi connectivity index (χ0n) is 6.90. The number of aliphatic carboxylic acids is 1. The van der Waals surface area contributed by atoms with Gasteiger partial charge in [0.25, 0.3) is 0 Å². The van der Waals surface area contributed by atoms with Crippen LogP contribution in [0.3, 0.4) is 0 Å². The van der Waals surface area contributed by atoms with Crippen molar-refractivity contribution in [3.8, 4) is 0 Å². The molecule has 0 atom stereocenters. The molecular weight excluding hydrogens is 174 g/mol. The van der Waals surface area contributed by atoms with E-state index in [0.29, 0.717) is 22.6 Å². The lowest BCUT2D eigenvalue weighted by atomic mass is 10.3. The maximum absolute atomic E-state index is 10.4. The van der Waals surface area contributed by atoms with Crippen molar-refractivity contribution in [2.24, 2.45) is 0 Å². The summed E-state index contributed by atoms with van der Waals surface area (Å²) in [6.45, 7) is 1.76. The Bertz CT molecular complexity index is 454. The van der Waals surface area contributed by atoms with E-state index in [9.17, 15) is 4.79 Å². The van der Waals surface area contributed by atoms with Crippen LogP contribution >= 0.6 is 0 Å². The lowest BCUT2D eigenvalue weighted by Crippen LogP contribution is -2.00. The fourth-order valence-electron chi connectivity index (χ4n) is 1.16. The minimum Gasteiger partial charge on any atom is -0.481 e. The minimum atomic E-state index is -0.954. The predicted molar refractivity (Wildman–Crippen MR) is 42.4 cm³/mol.